The SMILES string of the molecule is CCCCc1ccc(N2CC(C(=O)OCC(=O)c3ccc([N+](=O)[O-])cc3)CC2=O)cc1. The lowest BCUT2D eigenvalue weighted by molar-refractivity contribution is -0.384. The molecule has 0 saturated carbocycles. The molecule has 8 nitrogen and oxygen atoms in total. The minimum absolute atomic E-state index is 0.0299. The normalized spacial score (nSPS) is 15.7. The summed E-state index contributed by atoms with van der Waals surface area (Å²) in [5, 5.41) is 10.7. The predicted octanol–water partition coefficient (Wildman–Crippen LogP) is 3.72. The number of ether oxygens (including phenoxy) is 1. The number of Topliss-reactive ketones (excluding diaryl/α,β-unsaturated/α-hetero) is 1. The number of benzene rings is 2. The molecule has 0 aliphatic carbocycles. The summed E-state index contributed by atoms with van der Waals surface area (Å²) in [6.45, 7) is 1.86. The monoisotopic (exact) mass is 424 g/mol. The molecule has 2 aromatic carbocycles. The number of hydrogen-bond donors (Lipinski definition) is 0. The van der Waals surface area contributed by atoms with Crippen LogP contribution < -0.4 is 4.90 Å². The Kier molecular flexibility index (Phi) is 7.12. The molecule has 1 amide bonds. The van der Waals surface area contributed by atoms with Crippen molar-refractivity contribution in [3.8, 4) is 0 Å². The third-order valence-electron chi connectivity index (χ3n) is 5.27. The van der Waals surface area contributed by atoms with E-state index in [4.69, 9.17) is 4.74 Å². The predicted molar refractivity (Wildman–Crippen MR) is 114 cm³/mol. The second-order valence-electron chi connectivity index (χ2n) is 7.51. The first-order valence-corrected chi connectivity index (χ1v) is 10.2. The second kappa shape index (κ2) is 9.97. The number of nitro groups is 1. The Bertz CT molecular complexity index is 969. The van der Waals surface area contributed by atoms with Gasteiger partial charge in [-0.05, 0) is 42.7 Å². The summed E-state index contributed by atoms with van der Waals surface area (Å²) >= 11 is 0. The van der Waals surface area contributed by atoms with E-state index in [0.717, 1.165) is 24.9 Å². The number of ketones is 1. The number of amides is 1. The lowest BCUT2D eigenvalue weighted by Crippen LogP contribution is -2.27. The maximum atomic E-state index is 12.4. The summed E-state index contributed by atoms with van der Waals surface area (Å²) in [6, 6.07) is 12.8. The summed E-state index contributed by atoms with van der Waals surface area (Å²) in [7, 11) is 0. The van der Waals surface area contributed by atoms with E-state index in [1.54, 1.807) is 4.90 Å². The van der Waals surface area contributed by atoms with Crippen LogP contribution in [0.3, 0.4) is 0 Å². The smallest absolute Gasteiger partial charge is 0.311 e. The first kappa shape index (κ1) is 22.1. The van der Waals surface area contributed by atoms with Gasteiger partial charge in [-0.2, -0.15) is 0 Å². The molecule has 3 rings (SSSR count). The molecule has 0 radical (unpaired) electrons. The van der Waals surface area contributed by atoms with Gasteiger partial charge in [-0.25, -0.2) is 0 Å². The van der Waals surface area contributed by atoms with Crippen molar-refractivity contribution in [3.05, 3.63) is 69.8 Å². The Morgan fingerprint density at radius 1 is 1.13 bits per heavy atom. The van der Waals surface area contributed by atoms with Crippen LogP contribution in [-0.4, -0.2) is 35.7 Å². The van der Waals surface area contributed by atoms with Crippen molar-refractivity contribution < 1.29 is 24.0 Å². The van der Waals surface area contributed by atoms with Gasteiger partial charge in [0, 0.05) is 36.3 Å². The highest BCUT2D eigenvalue weighted by atomic mass is 16.6. The van der Waals surface area contributed by atoms with Crippen molar-refractivity contribution in [1.29, 1.82) is 0 Å². The van der Waals surface area contributed by atoms with Gasteiger partial charge in [0.1, 0.15) is 0 Å². The highest BCUT2D eigenvalue weighted by Gasteiger charge is 2.36. The van der Waals surface area contributed by atoms with Crippen LogP contribution >= 0.6 is 0 Å². The summed E-state index contributed by atoms with van der Waals surface area (Å²) in [4.78, 5) is 48.6. The molecule has 31 heavy (non-hydrogen) atoms. The quantitative estimate of drug-likeness (QED) is 0.263. The van der Waals surface area contributed by atoms with Crippen LogP contribution in [0.2, 0.25) is 0 Å². The van der Waals surface area contributed by atoms with Crippen LogP contribution in [0.1, 0.15) is 42.1 Å². The molecule has 8 heteroatoms. The van der Waals surface area contributed by atoms with E-state index in [2.05, 4.69) is 6.92 Å². The van der Waals surface area contributed by atoms with E-state index in [1.165, 1.54) is 29.8 Å². The average Bonchev–Trinajstić information content (AvgIpc) is 3.17. The van der Waals surface area contributed by atoms with Crippen LogP contribution in [0.5, 0.6) is 0 Å². The van der Waals surface area contributed by atoms with Gasteiger partial charge in [-0.3, -0.25) is 24.5 Å². The van der Waals surface area contributed by atoms with E-state index < -0.39 is 29.2 Å². The standard InChI is InChI=1S/C23H24N2O6/c1-2-3-4-16-5-9-19(10-6-16)24-14-18(13-22(24)27)23(28)31-15-21(26)17-7-11-20(12-8-17)25(29)30/h5-12,18H,2-4,13-15H2,1H3. The molecule has 0 spiro atoms. The van der Waals surface area contributed by atoms with E-state index in [1.807, 2.05) is 24.3 Å². The zero-order valence-corrected chi connectivity index (χ0v) is 17.3. The molecule has 1 atom stereocenters. The number of non-ortho nitro benzene ring substituents is 1. The van der Waals surface area contributed by atoms with Crippen molar-refractivity contribution in [1.82, 2.24) is 0 Å². The molecule has 0 N–H and O–H groups in total. The third-order valence-corrected chi connectivity index (χ3v) is 5.27. The maximum Gasteiger partial charge on any atom is 0.311 e. The topological polar surface area (TPSA) is 107 Å². The fourth-order valence-electron chi connectivity index (χ4n) is 3.45. The molecule has 1 saturated heterocycles. The fraction of sp³-hybridized carbons (Fsp3) is 0.348. The Balaban J connectivity index is 1.53. The highest BCUT2D eigenvalue weighted by Crippen LogP contribution is 2.26. The van der Waals surface area contributed by atoms with Crippen LogP contribution in [0.4, 0.5) is 11.4 Å². The van der Waals surface area contributed by atoms with Gasteiger partial charge in [0.05, 0.1) is 10.8 Å². The first-order chi connectivity index (χ1) is 14.9. The first-order valence-electron chi connectivity index (χ1n) is 10.2. The molecular formula is C23H24N2O6. The maximum absolute atomic E-state index is 12.4. The van der Waals surface area contributed by atoms with Gasteiger partial charge in [0.25, 0.3) is 5.69 Å². The molecule has 1 aliphatic rings. The summed E-state index contributed by atoms with van der Waals surface area (Å²) in [5.74, 6) is -1.88. The number of carbonyl (C=O) groups excluding carboxylic acids is 3. The summed E-state index contributed by atoms with van der Waals surface area (Å²) in [6.07, 6.45) is 3.24. The number of nitrogens with zero attached hydrogens (tertiary/aromatic N) is 2. The van der Waals surface area contributed by atoms with E-state index in [-0.39, 0.29) is 30.1 Å². The van der Waals surface area contributed by atoms with Crippen LogP contribution in [0.15, 0.2) is 48.5 Å². The van der Waals surface area contributed by atoms with Gasteiger partial charge < -0.3 is 9.64 Å². The van der Waals surface area contributed by atoms with E-state index in [0.29, 0.717) is 0 Å². The van der Waals surface area contributed by atoms with Gasteiger partial charge in [-0.1, -0.05) is 25.5 Å². The van der Waals surface area contributed by atoms with Crippen molar-refractivity contribution in [2.75, 3.05) is 18.1 Å². The van der Waals surface area contributed by atoms with Gasteiger partial charge in [0.15, 0.2) is 12.4 Å². The largest absolute Gasteiger partial charge is 0.457 e. The number of hydrogen-bond acceptors (Lipinski definition) is 6. The van der Waals surface area contributed by atoms with Gasteiger partial charge in [-0.15, -0.1) is 0 Å². The zero-order valence-electron chi connectivity index (χ0n) is 17.3. The van der Waals surface area contributed by atoms with Crippen LogP contribution in [-0.2, 0) is 20.7 Å². The fourth-order valence-corrected chi connectivity index (χ4v) is 3.45. The zero-order chi connectivity index (χ0) is 22.4. The van der Waals surface area contributed by atoms with Gasteiger partial charge in [0.2, 0.25) is 5.91 Å². The minimum Gasteiger partial charge on any atom is -0.457 e. The van der Waals surface area contributed by atoms with Crippen molar-refractivity contribution >= 4 is 29.0 Å². The summed E-state index contributed by atoms with van der Waals surface area (Å²) in [5.41, 5.74) is 2.03. The lowest BCUT2D eigenvalue weighted by atomic mass is 10.1. The van der Waals surface area contributed by atoms with E-state index in [9.17, 15) is 24.5 Å². The van der Waals surface area contributed by atoms with Crippen molar-refractivity contribution in [2.45, 2.75) is 32.6 Å². The third kappa shape index (κ3) is 5.53. The van der Waals surface area contributed by atoms with E-state index >= 15 is 0 Å². The molecule has 0 bridgehead atoms. The van der Waals surface area contributed by atoms with Crippen molar-refractivity contribution in [2.24, 2.45) is 5.92 Å². The molecule has 1 aliphatic heterocycles. The average molecular weight is 424 g/mol. The molecule has 1 heterocycles. The van der Waals surface area contributed by atoms with Crippen LogP contribution in [0, 0.1) is 16.0 Å². The lowest BCUT2D eigenvalue weighted by Gasteiger charge is -2.17. The molecule has 0 aromatic heterocycles. The molecule has 2 aromatic rings. The number of nitro benzene ring substituents is 1. The van der Waals surface area contributed by atoms with Crippen LogP contribution in [0.25, 0.3) is 0 Å². The van der Waals surface area contributed by atoms with Crippen molar-refractivity contribution in [3.63, 3.8) is 0 Å². The Morgan fingerprint density at radius 2 is 1.81 bits per heavy atom. The highest BCUT2D eigenvalue weighted by molar-refractivity contribution is 6.01. The Hall–Kier alpha value is -3.55. The Morgan fingerprint density at radius 3 is 2.42 bits per heavy atom. The number of esters is 1. The number of aryl methyl sites for hydroxylation is 1. The number of carbonyl (C=O) groups is 3. The Labute approximate surface area is 180 Å². The number of anilines is 1. The molecule has 1 fully saturated rings. The molecular weight excluding hydrogens is 400 g/mol. The number of unbranched alkanes of at least 4 members (excludes halogenated alkanes) is 1. The second-order valence-corrected chi connectivity index (χ2v) is 7.51. The number of rotatable bonds is 9. The minimum atomic E-state index is -0.642. The molecule has 162 valence electrons. The molecule has 1 unspecified atom stereocenters. The summed E-state index contributed by atoms with van der Waals surface area (Å²) < 4.78 is 5.11. The van der Waals surface area contributed by atoms with Gasteiger partial charge >= 0.3 is 5.97 Å².